The first kappa shape index (κ1) is 13.0. The molecule has 0 bridgehead atoms. The van der Waals surface area contributed by atoms with Crippen molar-refractivity contribution in [1.29, 1.82) is 5.26 Å². The van der Waals surface area contributed by atoms with Crippen molar-refractivity contribution in [3.63, 3.8) is 0 Å². The standard InChI is InChI=1S/C15H18BrN3/c16-12-3-1-4-13(9-12)18-15(11-17)6-8-19-7-2-5-14(19)10-15/h1,3-4,9,14,18H,2,5-8,10H2. The fourth-order valence-electron chi connectivity index (χ4n) is 3.35. The molecule has 2 heterocycles. The van der Waals surface area contributed by atoms with E-state index < -0.39 is 5.54 Å². The Bertz CT molecular complexity index is 510. The quantitative estimate of drug-likeness (QED) is 0.908. The van der Waals surface area contributed by atoms with Crippen LogP contribution in [0.25, 0.3) is 0 Å². The maximum absolute atomic E-state index is 9.65. The van der Waals surface area contributed by atoms with Crippen LogP contribution in [-0.4, -0.2) is 29.6 Å². The van der Waals surface area contributed by atoms with Gasteiger partial charge in [0.15, 0.2) is 0 Å². The first-order valence-corrected chi connectivity index (χ1v) is 7.69. The van der Waals surface area contributed by atoms with E-state index in [1.165, 1.54) is 19.4 Å². The summed E-state index contributed by atoms with van der Waals surface area (Å²) in [6, 6.07) is 11.2. The summed E-state index contributed by atoms with van der Waals surface area (Å²) < 4.78 is 1.05. The highest BCUT2D eigenvalue weighted by atomic mass is 79.9. The van der Waals surface area contributed by atoms with E-state index in [4.69, 9.17) is 0 Å². The van der Waals surface area contributed by atoms with E-state index >= 15 is 0 Å². The van der Waals surface area contributed by atoms with Crippen molar-refractivity contribution < 1.29 is 0 Å². The maximum Gasteiger partial charge on any atom is 0.128 e. The summed E-state index contributed by atoms with van der Waals surface area (Å²) in [5.41, 5.74) is 0.633. The summed E-state index contributed by atoms with van der Waals surface area (Å²) in [6.07, 6.45) is 4.37. The summed E-state index contributed by atoms with van der Waals surface area (Å²) >= 11 is 3.48. The molecule has 1 aromatic rings. The van der Waals surface area contributed by atoms with Gasteiger partial charge in [0, 0.05) is 22.7 Å². The summed E-state index contributed by atoms with van der Waals surface area (Å²) in [5, 5.41) is 13.1. The molecule has 0 aliphatic carbocycles. The molecule has 0 saturated carbocycles. The molecule has 1 aromatic carbocycles. The van der Waals surface area contributed by atoms with E-state index in [1.807, 2.05) is 24.3 Å². The van der Waals surface area contributed by atoms with Crippen LogP contribution in [0.1, 0.15) is 25.7 Å². The van der Waals surface area contributed by atoms with Gasteiger partial charge in [-0.15, -0.1) is 0 Å². The van der Waals surface area contributed by atoms with E-state index in [9.17, 15) is 5.26 Å². The van der Waals surface area contributed by atoms with Gasteiger partial charge in [-0.05, 0) is 50.4 Å². The van der Waals surface area contributed by atoms with E-state index in [0.717, 1.165) is 29.5 Å². The Balaban J connectivity index is 1.78. The Morgan fingerprint density at radius 3 is 3.11 bits per heavy atom. The van der Waals surface area contributed by atoms with Crippen LogP contribution in [0.15, 0.2) is 28.7 Å². The number of benzene rings is 1. The Morgan fingerprint density at radius 1 is 1.42 bits per heavy atom. The van der Waals surface area contributed by atoms with Crippen LogP contribution in [0, 0.1) is 11.3 Å². The fourth-order valence-corrected chi connectivity index (χ4v) is 3.74. The molecule has 0 spiro atoms. The molecule has 2 atom stereocenters. The van der Waals surface area contributed by atoms with E-state index in [-0.39, 0.29) is 0 Å². The second-order valence-electron chi connectivity index (χ2n) is 5.62. The number of rotatable bonds is 2. The van der Waals surface area contributed by atoms with Crippen LogP contribution >= 0.6 is 15.9 Å². The van der Waals surface area contributed by atoms with Crippen molar-refractivity contribution in [2.24, 2.45) is 0 Å². The molecule has 0 aromatic heterocycles. The Morgan fingerprint density at radius 2 is 2.32 bits per heavy atom. The van der Waals surface area contributed by atoms with E-state index in [2.05, 4.69) is 32.2 Å². The minimum absolute atomic E-state index is 0.397. The van der Waals surface area contributed by atoms with Gasteiger partial charge < -0.3 is 10.2 Å². The number of nitrogens with zero attached hydrogens (tertiary/aromatic N) is 2. The van der Waals surface area contributed by atoms with E-state index in [1.54, 1.807) is 0 Å². The number of piperidine rings is 1. The first-order valence-electron chi connectivity index (χ1n) is 6.90. The van der Waals surface area contributed by atoms with Crippen LogP contribution < -0.4 is 5.32 Å². The van der Waals surface area contributed by atoms with Crippen LogP contribution in [0.4, 0.5) is 5.69 Å². The third-order valence-corrected chi connectivity index (χ3v) is 4.82. The molecule has 2 unspecified atom stereocenters. The summed E-state index contributed by atoms with van der Waals surface area (Å²) in [6.45, 7) is 2.25. The average molecular weight is 320 g/mol. The van der Waals surface area contributed by atoms with Gasteiger partial charge in [-0.1, -0.05) is 22.0 Å². The number of fused-ring (bicyclic) bond motifs is 1. The topological polar surface area (TPSA) is 39.1 Å². The Hall–Kier alpha value is -1.05. The highest BCUT2D eigenvalue weighted by Gasteiger charge is 2.41. The number of anilines is 1. The number of nitrogens with one attached hydrogen (secondary N) is 1. The molecule has 2 fully saturated rings. The molecule has 1 N–H and O–H groups in total. The third-order valence-electron chi connectivity index (χ3n) is 4.33. The van der Waals surface area contributed by atoms with Gasteiger partial charge in [0.2, 0.25) is 0 Å². The van der Waals surface area contributed by atoms with Crippen molar-refractivity contribution in [3.05, 3.63) is 28.7 Å². The molecule has 100 valence electrons. The van der Waals surface area contributed by atoms with Gasteiger partial charge in [0.1, 0.15) is 5.54 Å². The lowest BCUT2D eigenvalue weighted by molar-refractivity contribution is 0.165. The van der Waals surface area contributed by atoms with Gasteiger partial charge in [-0.3, -0.25) is 0 Å². The van der Waals surface area contributed by atoms with Crippen LogP contribution in [-0.2, 0) is 0 Å². The third kappa shape index (κ3) is 2.63. The average Bonchev–Trinajstić information content (AvgIpc) is 2.86. The molecular weight excluding hydrogens is 302 g/mol. The second kappa shape index (κ2) is 5.15. The predicted molar refractivity (Wildman–Crippen MR) is 79.9 cm³/mol. The number of nitriles is 1. The summed E-state index contributed by atoms with van der Waals surface area (Å²) in [5.74, 6) is 0. The van der Waals surface area contributed by atoms with Crippen LogP contribution in [0.3, 0.4) is 0 Å². The van der Waals surface area contributed by atoms with Crippen LogP contribution in [0.5, 0.6) is 0 Å². The monoisotopic (exact) mass is 319 g/mol. The lowest BCUT2D eigenvalue weighted by Crippen LogP contribution is -2.51. The lowest BCUT2D eigenvalue weighted by Gasteiger charge is -2.40. The normalized spacial score (nSPS) is 30.6. The minimum atomic E-state index is -0.397. The molecule has 2 saturated heterocycles. The van der Waals surface area contributed by atoms with Gasteiger partial charge in [-0.2, -0.15) is 5.26 Å². The van der Waals surface area contributed by atoms with E-state index in [0.29, 0.717) is 6.04 Å². The van der Waals surface area contributed by atoms with Gasteiger partial charge >= 0.3 is 0 Å². The zero-order valence-electron chi connectivity index (χ0n) is 10.9. The predicted octanol–water partition coefficient (Wildman–Crippen LogP) is 3.38. The smallest absolute Gasteiger partial charge is 0.128 e. The van der Waals surface area contributed by atoms with Crippen molar-refractivity contribution in [2.75, 3.05) is 18.4 Å². The number of halogens is 1. The van der Waals surface area contributed by atoms with Gasteiger partial charge in [0.25, 0.3) is 0 Å². The van der Waals surface area contributed by atoms with Crippen LogP contribution in [0.2, 0.25) is 0 Å². The largest absolute Gasteiger partial charge is 0.367 e. The van der Waals surface area contributed by atoms with Crippen molar-refractivity contribution in [2.45, 2.75) is 37.3 Å². The molecule has 2 aliphatic heterocycles. The molecule has 19 heavy (non-hydrogen) atoms. The molecule has 0 radical (unpaired) electrons. The molecule has 0 amide bonds. The Labute approximate surface area is 122 Å². The first-order chi connectivity index (χ1) is 9.21. The molecule has 2 aliphatic rings. The van der Waals surface area contributed by atoms with Crippen molar-refractivity contribution in [3.8, 4) is 6.07 Å². The second-order valence-corrected chi connectivity index (χ2v) is 6.53. The molecule has 4 heteroatoms. The summed E-state index contributed by atoms with van der Waals surface area (Å²) in [7, 11) is 0. The maximum atomic E-state index is 9.65. The molecule has 3 rings (SSSR count). The number of hydrogen-bond donors (Lipinski definition) is 1. The fraction of sp³-hybridized carbons (Fsp3) is 0.533. The van der Waals surface area contributed by atoms with Gasteiger partial charge in [-0.25, -0.2) is 0 Å². The van der Waals surface area contributed by atoms with Crippen molar-refractivity contribution >= 4 is 21.6 Å². The van der Waals surface area contributed by atoms with Gasteiger partial charge in [0.05, 0.1) is 6.07 Å². The minimum Gasteiger partial charge on any atom is -0.367 e. The SMILES string of the molecule is N#CC1(Nc2cccc(Br)c2)CCN2CCCC2C1. The van der Waals surface area contributed by atoms with Crippen molar-refractivity contribution in [1.82, 2.24) is 4.90 Å². The highest BCUT2D eigenvalue weighted by Crippen LogP contribution is 2.35. The lowest BCUT2D eigenvalue weighted by atomic mass is 9.84. The zero-order chi connectivity index (χ0) is 13.3. The zero-order valence-corrected chi connectivity index (χ0v) is 12.5. The molecule has 3 nitrogen and oxygen atoms in total. The Kier molecular flexibility index (Phi) is 3.51. The number of hydrogen-bond acceptors (Lipinski definition) is 3. The highest BCUT2D eigenvalue weighted by molar-refractivity contribution is 9.10. The molecular formula is C15H18BrN3. The summed E-state index contributed by atoms with van der Waals surface area (Å²) in [4.78, 5) is 2.54.